The quantitative estimate of drug-likeness (QED) is 0.593. The van der Waals surface area contributed by atoms with Crippen molar-refractivity contribution in [1.29, 1.82) is 0 Å². The van der Waals surface area contributed by atoms with Gasteiger partial charge < -0.3 is 20.5 Å². The van der Waals surface area contributed by atoms with Gasteiger partial charge in [-0.2, -0.15) is 0 Å². The van der Waals surface area contributed by atoms with Crippen molar-refractivity contribution in [2.75, 3.05) is 13.7 Å². The van der Waals surface area contributed by atoms with E-state index in [-0.39, 0.29) is 18.6 Å². The number of carbonyl (C=O) groups excluding carboxylic acids is 2. The van der Waals surface area contributed by atoms with Gasteiger partial charge in [0.15, 0.2) is 18.1 Å². The first-order chi connectivity index (χ1) is 14.5. The third-order valence-corrected chi connectivity index (χ3v) is 5.38. The monoisotopic (exact) mass is 428 g/mol. The minimum Gasteiger partial charge on any atom is -0.493 e. The van der Waals surface area contributed by atoms with Gasteiger partial charge in [0.25, 0.3) is 5.91 Å². The maximum absolute atomic E-state index is 12.6. The maximum Gasteiger partial charge on any atom is 0.255 e. The number of hydrogen-bond donors (Lipinski definition) is 2. The first-order valence-corrected chi connectivity index (χ1v) is 10.2. The van der Waals surface area contributed by atoms with E-state index in [9.17, 15) is 9.59 Å². The molecule has 1 unspecified atom stereocenters. The second kappa shape index (κ2) is 10.2. The Bertz CT molecular complexity index is 923. The first-order valence-electron chi connectivity index (χ1n) is 9.79. The summed E-state index contributed by atoms with van der Waals surface area (Å²) in [6.07, 6.45) is 6.59. The molecule has 1 saturated carbocycles. The lowest BCUT2D eigenvalue weighted by Gasteiger charge is -2.34. The fraction of sp³-hybridized carbons (Fsp3) is 0.304. The Morgan fingerprint density at radius 2 is 1.93 bits per heavy atom. The van der Waals surface area contributed by atoms with Crippen molar-refractivity contribution in [1.82, 2.24) is 5.32 Å². The van der Waals surface area contributed by atoms with Gasteiger partial charge in [-0.15, -0.1) is 0 Å². The number of nitrogens with two attached hydrogens (primary N) is 1. The minimum absolute atomic E-state index is 0.0349. The van der Waals surface area contributed by atoms with Gasteiger partial charge in [-0.3, -0.25) is 9.59 Å². The first kappa shape index (κ1) is 21.7. The number of halogens is 1. The lowest BCUT2D eigenvalue weighted by Crippen LogP contribution is -2.35. The molecule has 0 aromatic heterocycles. The zero-order valence-electron chi connectivity index (χ0n) is 16.8. The van der Waals surface area contributed by atoms with E-state index >= 15 is 0 Å². The van der Waals surface area contributed by atoms with E-state index in [0.29, 0.717) is 22.4 Å². The highest BCUT2D eigenvalue weighted by atomic mass is 35.5. The molecule has 0 saturated heterocycles. The Balaban J connectivity index is 1.67. The van der Waals surface area contributed by atoms with Gasteiger partial charge in [0.2, 0.25) is 5.91 Å². The summed E-state index contributed by atoms with van der Waals surface area (Å²) in [5, 5.41) is 3.80. The third kappa shape index (κ3) is 5.76. The van der Waals surface area contributed by atoms with Gasteiger partial charge >= 0.3 is 0 Å². The molecule has 0 spiro atoms. The standard InChI is InChI=1S/C23H25ClN2O4/c1-29-20-13-15(5-11-19(20)30-14-21(25)27)6-12-22(28)26-23(16-3-2-4-16)17-7-9-18(24)10-8-17/h5-13,16,23H,2-4,14H2,1H3,(H2,25,27)(H,26,28)/b12-6+. The minimum atomic E-state index is -0.570. The summed E-state index contributed by atoms with van der Waals surface area (Å²) in [6.45, 7) is -0.235. The number of carbonyl (C=O) groups is 2. The molecule has 2 aromatic rings. The summed E-state index contributed by atoms with van der Waals surface area (Å²) in [6, 6.07) is 12.7. The fourth-order valence-electron chi connectivity index (χ4n) is 3.35. The molecular formula is C23H25ClN2O4. The van der Waals surface area contributed by atoms with Crippen LogP contribution in [0.2, 0.25) is 5.02 Å². The Labute approximate surface area is 181 Å². The number of methoxy groups -OCH3 is 1. The summed E-state index contributed by atoms with van der Waals surface area (Å²) in [5.41, 5.74) is 6.92. The number of benzene rings is 2. The third-order valence-electron chi connectivity index (χ3n) is 5.13. The van der Waals surface area contributed by atoms with Crippen molar-refractivity contribution in [2.45, 2.75) is 25.3 Å². The molecule has 7 heteroatoms. The molecule has 3 rings (SSSR count). The van der Waals surface area contributed by atoms with E-state index in [1.807, 2.05) is 24.3 Å². The van der Waals surface area contributed by atoms with E-state index in [0.717, 1.165) is 24.0 Å². The number of hydrogen-bond acceptors (Lipinski definition) is 4. The molecule has 158 valence electrons. The van der Waals surface area contributed by atoms with Gasteiger partial charge in [-0.25, -0.2) is 0 Å². The van der Waals surface area contributed by atoms with E-state index in [4.69, 9.17) is 26.8 Å². The SMILES string of the molecule is COc1cc(/C=C/C(=O)NC(c2ccc(Cl)cc2)C2CCC2)ccc1OCC(N)=O. The average molecular weight is 429 g/mol. The topological polar surface area (TPSA) is 90.7 Å². The van der Waals surface area contributed by atoms with E-state index in [1.54, 1.807) is 24.3 Å². The summed E-state index contributed by atoms with van der Waals surface area (Å²) in [5.74, 6) is 0.553. The summed E-state index contributed by atoms with van der Waals surface area (Å²) >= 11 is 6.00. The van der Waals surface area contributed by atoms with Crippen molar-refractivity contribution >= 4 is 29.5 Å². The van der Waals surface area contributed by atoms with Gasteiger partial charge in [0, 0.05) is 11.1 Å². The van der Waals surface area contributed by atoms with Crippen molar-refractivity contribution in [2.24, 2.45) is 11.7 Å². The second-order valence-electron chi connectivity index (χ2n) is 7.23. The van der Waals surface area contributed by atoms with Crippen LogP contribution < -0.4 is 20.5 Å². The van der Waals surface area contributed by atoms with Crippen LogP contribution in [0.4, 0.5) is 0 Å². The number of ether oxygens (including phenoxy) is 2. The molecule has 2 aromatic carbocycles. The van der Waals surface area contributed by atoms with Crippen LogP contribution in [0.15, 0.2) is 48.5 Å². The zero-order chi connectivity index (χ0) is 21.5. The number of rotatable bonds is 9. The van der Waals surface area contributed by atoms with Gasteiger partial charge in [0.05, 0.1) is 13.2 Å². The Kier molecular flexibility index (Phi) is 7.36. The Morgan fingerprint density at radius 3 is 2.53 bits per heavy atom. The maximum atomic E-state index is 12.6. The lowest BCUT2D eigenvalue weighted by atomic mass is 9.77. The molecule has 0 radical (unpaired) electrons. The molecule has 2 amide bonds. The lowest BCUT2D eigenvalue weighted by molar-refractivity contribution is -0.120. The van der Waals surface area contributed by atoms with Crippen LogP contribution >= 0.6 is 11.6 Å². The average Bonchev–Trinajstić information content (AvgIpc) is 2.69. The summed E-state index contributed by atoms with van der Waals surface area (Å²) < 4.78 is 10.6. The summed E-state index contributed by atoms with van der Waals surface area (Å²) in [7, 11) is 1.50. The van der Waals surface area contributed by atoms with Gasteiger partial charge in [0.1, 0.15) is 0 Å². The molecule has 1 fully saturated rings. The van der Waals surface area contributed by atoms with Crippen LogP contribution in [-0.4, -0.2) is 25.5 Å². The molecule has 0 heterocycles. The van der Waals surface area contributed by atoms with Crippen molar-refractivity contribution in [3.8, 4) is 11.5 Å². The number of amides is 2. The smallest absolute Gasteiger partial charge is 0.255 e. The number of primary amides is 1. The van der Waals surface area contributed by atoms with E-state index < -0.39 is 5.91 Å². The van der Waals surface area contributed by atoms with Crippen molar-refractivity contribution in [3.63, 3.8) is 0 Å². The predicted octanol–water partition coefficient (Wildman–Crippen LogP) is 3.88. The zero-order valence-corrected chi connectivity index (χ0v) is 17.5. The van der Waals surface area contributed by atoms with Gasteiger partial charge in [-0.1, -0.05) is 36.2 Å². The summed E-state index contributed by atoms with van der Waals surface area (Å²) in [4.78, 5) is 23.5. The van der Waals surface area contributed by atoms with Crippen molar-refractivity contribution < 1.29 is 19.1 Å². The predicted molar refractivity (Wildman–Crippen MR) is 116 cm³/mol. The molecule has 30 heavy (non-hydrogen) atoms. The van der Waals surface area contributed by atoms with E-state index in [1.165, 1.54) is 19.6 Å². The second-order valence-corrected chi connectivity index (χ2v) is 7.66. The van der Waals surface area contributed by atoms with Crippen LogP contribution in [0.5, 0.6) is 11.5 Å². The number of nitrogens with one attached hydrogen (secondary N) is 1. The highest BCUT2D eigenvalue weighted by Gasteiger charge is 2.29. The molecular weight excluding hydrogens is 404 g/mol. The largest absolute Gasteiger partial charge is 0.493 e. The highest BCUT2D eigenvalue weighted by molar-refractivity contribution is 6.30. The molecule has 1 aliphatic carbocycles. The van der Waals surface area contributed by atoms with Crippen LogP contribution in [0.1, 0.15) is 36.4 Å². The van der Waals surface area contributed by atoms with Crippen LogP contribution in [0.25, 0.3) is 6.08 Å². The van der Waals surface area contributed by atoms with Gasteiger partial charge in [-0.05, 0) is 60.2 Å². The Morgan fingerprint density at radius 1 is 1.20 bits per heavy atom. The van der Waals surface area contributed by atoms with Crippen LogP contribution in [0.3, 0.4) is 0 Å². The highest BCUT2D eigenvalue weighted by Crippen LogP contribution is 2.38. The molecule has 3 N–H and O–H groups in total. The molecule has 0 bridgehead atoms. The normalized spacial score (nSPS) is 14.7. The molecule has 0 aliphatic heterocycles. The van der Waals surface area contributed by atoms with Crippen molar-refractivity contribution in [3.05, 3.63) is 64.7 Å². The Hall–Kier alpha value is -2.99. The van der Waals surface area contributed by atoms with Crippen LogP contribution in [-0.2, 0) is 9.59 Å². The fourth-order valence-corrected chi connectivity index (χ4v) is 3.47. The molecule has 1 atom stereocenters. The molecule has 1 aliphatic rings. The van der Waals surface area contributed by atoms with Crippen LogP contribution in [0, 0.1) is 5.92 Å². The van der Waals surface area contributed by atoms with E-state index in [2.05, 4.69) is 5.32 Å². The molecule has 6 nitrogen and oxygen atoms in total.